The Balaban J connectivity index is 1.99. The molecule has 3 rings (SSSR count). The zero-order chi connectivity index (χ0) is 11.0. The van der Waals surface area contributed by atoms with E-state index in [0.29, 0.717) is 5.92 Å². The lowest BCUT2D eigenvalue weighted by Crippen LogP contribution is -2.36. The molecular weight excluding hydrogens is 200 g/mol. The van der Waals surface area contributed by atoms with E-state index >= 15 is 0 Å². The highest BCUT2D eigenvalue weighted by Gasteiger charge is 2.52. The van der Waals surface area contributed by atoms with E-state index in [9.17, 15) is 4.79 Å². The van der Waals surface area contributed by atoms with Gasteiger partial charge in [-0.05, 0) is 18.5 Å². The topological polar surface area (TPSA) is 41.1 Å². The average Bonchev–Trinajstić information content (AvgIpc) is 2.92. The van der Waals surface area contributed by atoms with Crippen LogP contribution in [0.1, 0.15) is 17.9 Å². The first kappa shape index (κ1) is 9.85. The molecule has 1 amide bonds. The summed E-state index contributed by atoms with van der Waals surface area (Å²) < 4.78 is 0. The van der Waals surface area contributed by atoms with E-state index < -0.39 is 0 Å². The summed E-state index contributed by atoms with van der Waals surface area (Å²) in [6.07, 6.45) is 0.957. The van der Waals surface area contributed by atoms with E-state index in [2.05, 4.69) is 22.8 Å². The number of hydrogen-bond donors (Lipinski definition) is 2. The van der Waals surface area contributed by atoms with Gasteiger partial charge in [-0.15, -0.1) is 0 Å². The minimum absolute atomic E-state index is 0.193. The molecule has 3 nitrogen and oxygen atoms in total. The predicted molar refractivity (Wildman–Crippen MR) is 62.1 cm³/mol. The molecule has 2 saturated heterocycles. The van der Waals surface area contributed by atoms with Gasteiger partial charge in [-0.1, -0.05) is 30.3 Å². The summed E-state index contributed by atoms with van der Waals surface area (Å²) >= 11 is 0. The number of carbonyl (C=O) groups is 1. The lowest BCUT2D eigenvalue weighted by Gasteiger charge is -2.27. The van der Waals surface area contributed by atoms with Crippen molar-refractivity contribution in [3.63, 3.8) is 0 Å². The fourth-order valence-corrected chi connectivity index (χ4v) is 3.05. The Morgan fingerprint density at radius 2 is 2.06 bits per heavy atom. The molecule has 1 spiro atoms. The molecule has 0 saturated carbocycles. The Hall–Kier alpha value is -1.35. The third-order valence-electron chi connectivity index (χ3n) is 3.98. The lowest BCUT2D eigenvalue weighted by molar-refractivity contribution is -0.127. The second kappa shape index (κ2) is 3.59. The van der Waals surface area contributed by atoms with Gasteiger partial charge in [0.15, 0.2) is 0 Å². The van der Waals surface area contributed by atoms with Crippen LogP contribution in [0.5, 0.6) is 0 Å². The first-order valence-electron chi connectivity index (χ1n) is 5.87. The van der Waals surface area contributed by atoms with Gasteiger partial charge in [0.1, 0.15) is 0 Å². The van der Waals surface area contributed by atoms with Crippen LogP contribution in [0.25, 0.3) is 0 Å². The number of rotatable bonds is 1. The van der Waals surface area contributed by atoms with Crippen LogP contribution >= 0.6 is 0 Å². The van der Waals surface area contributed by atoms with Crippen LogP contribution in [0, 0.1) is 5.41 Å². The maximum Gasteiger partial charge on any atom is 0.228 e. The molecular formula is C13H16N2O. The molecule has 0 aliphatic carbocycles. The standard InChI is InChI=1S/C13H16N2O/c16-12-13(6-7-14-9-13)11(8-15-12)10-4-2-1-3-5-10/h1-5,11,14H,6-9H2,(H,15,16)/t11-,13+/m0/s1. The summed E-state index contributed by atoms with van der Waals surface area (Å²) in [4.78, 5) is 12.0. The Labute approximate surface area is 95.2 Å². The second-order valence-corrected chi connectivity index (χ2v) is 4.76. The van der Waals surface area contributed by atoms with Crippen molar-refractivity contribution in [1.82, 2.24) is 10.6 Å². The van der Waals surface area contributed by atoms with Gasteiger partial charge in [0, 0.05) is 19.0 Å². The van der Waals surface area contributed by atoms with E-state index in [1.165, 1.54) is 5.56 Å². The highest BCUT2D eigenvalue weighted by atomic mass is 16.2. The summed E-state index contributed by atoms with van der Waals surface area (Å²) in [5, 5.41) is 6.35. The number of carbonyl (C=O) groups excluding carboxylic acids is 1. The highest BCUT2D eigenvalue weighted by Crippen LogP contribution is 2.44. The SMILES string of the molecule is O=C1NC[C@@H](c2ccccc2)[C@]12CCNC2. The predicted octanol–water partition coefficient (Wildman–Crippen LogP) is 0.880. The average molecular weight is 216 g/mol. The lowest BCUT2D eigenvalue weighted by atomic mass is 9.73. The molecule has 1 aromatic rings. The molecule has 2 atom stereocenters. The van der Waals surface area contributed by atoms with E-state index in [4.69, 9.17) is 0 Å². The maximum atomic E-state index is 12.0. The summed E-state index contributed by atoms with van der Waals surface area (Å²) in [6.45, 7) is 2.56. The molecule has 2 aliphatic heterocycles. The molecule has 0 radical (unpaired) electrons. The molecule has 2 aliphatic rings. The smallest absolute Gasteiger partial charge is 0.228 e. The quantitative estimate of drug-likeness (QED) is 0.731. The molecule has 1 aromatic carbocycles. The molecule has 0 aromatic heterocycles. The zero-order valence-electron chi connectivity index (χ0n) is 9.20. The van der Waals surface area contributed by atoms with Crippen LogP contribution in [0.3, 0.4) is 0 Å². The van der Waals surface area contributed by atoms with Crippen molar-refractivity contribution in [2.45, 2.75) is 12.3 Å². The molecule has 84 valence electrons. The monoisotopic (exact) mass is 216 g/mol. The Morgan fingerprint density at radius 1 is 1.25 bits per heavy atom. The maximum absolute atomic E-state index is 12.0. The van der Waals surface area contributed by atoms with Gasteiger partial charge in [0.25, 0.3) is 0 Å². The van der Waals surface area contributed by atoms with Crippen LogP contribution < -0.4 is 10.6 Å². The molecule has 16 heavy (non-hydrogen) atoms. The van der Waals surface area contributed by atoms with E-state index in [1.54, 1.807) is 0 Å². The number of amides is 1. The normalized spacial score (nSPS) is 33.2. The van der Waals surface area contributed by atoms with Gasteiger partial charge in [-0.25, -0.2) is 0 Å². The van der Waals surface area contributed by atoms with Crippen LogP contribution in [-0.2, 0) is 4.79 Å². The van der Waals surface area contributed by atoms with Gasteiger partial charge < -0.3 is 10.6 Å². The first-order chi connectivity index (χ1) is 7.83. The van der Waals surface area contributed by atoms with Gasteiger partial charge in [-0.3, -0.25) is 4.79 Å². The van der Waals surface area contributed by atoms with Gasteiger partial charge >= 0.3 is 0 Å². The summed E-state index contributed by atoms with van der Waals surface area (Å²) in [5.74, 6) is 0.558. The minimum atomic E-state index is -0.193. The minimum Gasteiger partial charge on any atom is -0.355 e. The van der Waals surface area contributed by atoms with Crippen molar-refractivity contribution in [2.75, 3.05) is 19.6 Å². The van der Waals surface area contributed by atoms with Crippen LogP contribution in [0.15, 0.2) is 30.3 Å². The molecule has 0 bridgehead atoms. The number of benzene rings is 1. The number of hydrogen-bond acceptors (Lipinski definition) is 2. The summed E-state index contributed by atoms with van der Waals surface area (Å²) in [7, 11) is 0. The Kier molecular flexibility index (Phi) is 2.21. The molecule has 2 heterocycles. The van der Waals surface area contributed by atoms with Crippen molar-refractivity contribution in [3.8, 4) is 0 Å². The van der Waals surface area contributed by atoms with Gasteiger partial charge in [0.2, 0.25) is 5.91 Å². The molecule has 2 N–H and O–H groups in total. The van der Waals surface area contributed by atoms with Crippen molar-refractivity contribution >= 4 is 5.91 Å². The Morgan fingerprint density at radius 3 is 2.75 bits per heavy atom. The first-order valence-corrected chi connectivity index (χ1v) is 5.87. The van der Waals surface area contributed by atoms with Gasteiger partial charge in [0.05, 0.1) is 5.41 Å². The third-order valence-corrected chi connectivity index (χ3v) is 3.98. The number of nitrogens with one attached hydrogen (secondary N) is 2. The molecule has 0 unspecified atom stereocenters. The molecule has 3 heteroatoms. The van der Waals surface area contributed by atoms with Crippen molar-refractivity contribution in [3.05, 3.63) is 35.9 Å². The Bertz CT molecular complexity index is 396. The van der Waals surface area contributed by atoms with Crippen LogP contribution in [0.2, 0.25) is 0 Å². The van der Waals surface area contributed by atoms with E-state index in [-0.39, 0.29) is 11.3 Å². The van der Waals surface area contributed by atoms with Crippen LogP contribution in [-0.4, -0.2) is 25.5 Å². The van der Waals surface area contributed by atoms with Crippen molar-refractivity contribution in [1.29, 1.82) is 0 Å². The fourth-order valence-electron chi connectivity index (χ4n) is 3.05. The summed E-state index contributed by atoms with van der Waals surface area (Å²) in [6, 6.07) is 10.4. The van der Waals surface area contributed by atoms with Gasteiger partial charge in [-0.2, -0.15) is 0 Å². The third kappa shape index (κ3) is 1.28. The van der Waals surface area contributed by atoms with Crippen LogP contribution in [0.4, 0.5) is 0 Å². The second-order valence-electron chi connectivity index (χ2n) is 4.76. The van der Waals surface area contributed by atoms with E-state index in [0.717, 1.165) is 26.1 Å². The zero-order valence-corrected chi connectivity index (χ0v) is 9.20. The van der Waals surface area contributed by atoms with E-state index in [1.807, 2.05) is 18.2 Å². The van der Waals surface area contributed by atoms with Crippen molar-refractivity contribution in [2.24, 2.45) is 5.41 Å². The summed E-state index contributed by atoms with van der Waals surface area (Å²) in [5.41, 5.74) is 1.09. The molecule has 2 fully saturated rings. The highest BCUT2D eigenvalue weighted by molar-refractivity contribution is 5.87. The van der Waals surface area contributed by atoms with Crippen molar-refractivity contribution < 1.29 is 4.79 Å². The largest absolute Gasteiger partial charge is 0.355 e. The fraction of sp³-hybridized carbons (Fsp3) is 0.462.